The highest BCUT2D eigenvalue weighted by atomic mass is 19.1. The Kier molecular flexibility index (Phi) is 5.62. The summed E-state index contributed by atoms with van der Waals surface area (Å²) in [5.74, 6) is 2.25. The standard InChI is InChI=1S/C20H29FN2O2/c1-13(17-9-14-4-6-16(17)8-14)22-20(24)12-23(2)11-15-5-7-19(25-3)18(21)10-15/h5,7,10,13-14,16-17H,4,6,8-9,11-12H2,1-3H3,(H,22,24). The summed E-state index contributed by atoms with van der Waals surface area (Å²) in [4.78, 5) is 14.2. The Morgan fingerprint density at radius 3 is 2.80 bits per heavy atom. The van der Waals surface area contributed by atoms with Crippen LogP contribution in [0.2, 0.25) is 0 Å². The molecule has 3 rings (SSSR count). The SMILES string of the molecule is COc1ccc(CN(C)CC(=O)NC(C)C2CC3CCC2C3)cc1F. The maximum atomic E-state index is 13.8. The maximum Gasteiger partial charge on any atom is 0.234 e. The van der Waals surface area contributed by atoms with E-state index in [2.05, 4.69) is 12.2 Å². The van der Waals surface area contributed by atoms with Crippen LogP contribution in [0.1, 0.15) is 38.2 Å². The van der Waals surface area contributed by atoms with Gasteiger partial charge in [-0.25, -0.2) is 4.39 Å². The smallest absolute Gasteiger partial charge is 0.234 e. The molecule has 2 saturated carbocycles. The number of hydrogen-bond donors (Lipinski definition) is 1. The number of methoxy groups -OCH3 is 1. The molecule has 5 heteroatoms. The molecule has 0 radical (unpaired) electrons. The van der Waals surface area contributed by atoms with E-state index in [0.29, 0.717) is 19.0 Å². The number of fused-ring (bicyclic) bond motifs is 2. The normalized spacial score (nSPS) is 26.0. The van der Waals surface area contributed by atoms with Gasteiger partial charge in [0.15, 0.2) is 11.6 Å². The molecule has 0 aromatic heterocycles. The van der Waals surface area contributed by atoms with E-state index in [4.69, 9.17) is 4.74 Å². The lowest BCUT2D eigenvalue weighted by atomic mass is 9.84. The van der Waals surface area contributed by atoms with Crippen LogP contribution < -0.4 is 10.1 Å². The molecule has 1 aromatic carbocycles. The molecule has 138 valence electrons. The van der Waals surface area contributed by atoms with E-state index in [1.807, 2.05) is 18.0 Å². The second kappa shape index (κ2) is 7.73. The molecule has 4 nitrogen and oxygen atoms in total. The van der Waals surface area contributed by atoms with Gasteiger partial charge >= 0.3 is 0 Å². The first-order valence-electron chi connectivity index (χ1n) is 9.26. The van der Waals surface area contributed by atoms with Crippen LogP contribution in [0.25, 0.3) is 0 Å². The molecule has 1 aromatic rings. The van der Waals surface area contributed by atoms with Crippen molar-refractivity contribution in [3.05, 3.63) is 29.6 Å². The lowest BCUT2D eigenvalue weighted by molar-refractivity contribution is -0.123. The summed E-state index contributed by atoms with van der Waals surface area (Å²) in [7, 11) is 3.33. The van der Waals surface area contributed by atoms with Crippen molar-refractivity contribution < 1.29 is 13.9 Å². The fraction of sp³-hybridized carbons (Fsp3) is 0.650. The second-order valence-electron chi connectivity index (χ2n) is 7.84. The van der Waals surface area contributed by atoms with Gasteiger partial charge in [0.1, 0.15) is 0 Å². The van der Waals surface area contributed by atoms with E-state index >= 15 is 0 Å². The second-order valence-corrected chi connectivity index (χ2v) is 7.84. The van der Waals surface area contributed by atoms with Gasteiger partial charge in [-0.3, -0.25) is 9.69 Å². The molecular formula is C20H29FN2O2. The van der Waals surface area contributed by atoms with Crippen molar-refractivity contribution in [1.29, 1.82) is 0 Å². The van der Waals surface area contributed by atoms with Gasteiger partial charge in [0, 0.05) is 12.6 Å². The number of nitrogens with one attached hydrogen (secondary N) is 1. The van der Waals surface area contributed by atoms with Gasteiger partial charge in [0.2, 0.25) is 5.91 Å². The molecule has 0 heterocycles. The first kappa shape index (κ1) is 18.2. The van der Waals surface area contributed by atoms with Crippen LogP contribution >= 0.6 is 0 Å². The Hall–Kier alpha value is -1.62. The molecule has 4 atom stereocenters. The molecule has 25 heavy (non-hydrogen) atoms. The Balaban J connectivity index is 1.46. The Bertz CT molecular complexity index is 622. The number of carbonyl (C=O) groups is 1. The van der Waals surface area contributed by atoms with Crippen LogP contribution in [0.3, 0.4) is 0 Å². The minimum atomic E-state index is -0.372. The minimum absolute atomic E-state index is 0.0479. The van der Waals surface area contributed by atoms with Gasteiger partial charge in [-0.1, -0.05) is 12.5 Å². The lowest BCUT2D eigenvalue weighted by Crippen LogP contribution is -2.44. The fourth-order valence-corrected chi connectivity index (χ4v) is 4.73. The Morgan fingerprint density at radius 2 is 2.20 bits per heavy atom. The third kappa shape index (κ3) is 4.32. The molecule has 1 amide bonds. The van der Waals surface area contributed by atoms with Crippen LogP contribution in [0.4, 0.5) is 4.39 Å². The molecule has 2 aliphatic rings. The van der Waals surface area contributed by atoms with E-state index in [9.17, 15) is 9.18 Å². The van der Waals surface area contributed by atoms with Crippen molar-refractivity contribution in [2.75, 3.05) is 20.7 Å². The lowest BCUT2D eigenvalue weighted by Gasteiger charge is -2.29. The first-order chi connectivity index (χ1) is 12.0. The fourth-order valence-electron chi connectivity index (χ4n) is 4.73. The van der Waals surface area contributed by atoms with E-state index in [1.54, 1.807) is 6.07 Å². The van der Waals surface area contributed by atoms with Gasteiger partial charge in [0.25, 0.3) is 0 Å². The molecular weight excluding hydrogens is 319 g/mol. The summed E-state index contributed by atoms with van der Waals surface area (Å²) < 4.78 is 18.7. The largest absolute Gasteiger partial charge is 0.494 e. The van der Waals surface area contributed by atoms with Gasteiger partial charge < -0.3 is 10.1 Å². The summed E-state index contributed by atoms with van der Waals surface area (Å²) in [6.45, 7) is 2.98. The summed E-state index contributed by atoms with van der Waals surface area (Å²) in [5, 5.41) is 3.18. The summed E-state index contributed by atoms with van der Waals surface area (Å²) >= 11 is 0. The van der Waals surface area contributed by atoms with Crippen LogP contribution in [0, 0.1) is 23.6 Å². The average molecular weight is 348 g/mol. The highest BCUT2D eigenvalue weighted by Gasteiger charge is 2.42. The van der Waals surface area contributed by atoms with Gasteiger partial charge in [-0.2, -0.15) is 0 Å². The van der Waals surface area contributed by atoms with E-state index in [1.165, 1.54) is 38.9 Å². The van der Waals surface area contributed by atoms with Crippen molar-refractivity contribution in [2.45, 2.75) is 45.2 Å². The Labute approximate surface area is 149 Å². The number of rotatable bonds is 7. The monoisotopic (exact) mass is 348 g/mol. The van der Waals surface area contributed by atoms with Crippen LogP contribution in [-0.2, 0) is 11.3 Å². The zero-order chi connectivity index (χ0) is 18.0. The van der Waals surface area contributed by atoms with Gasteiger partial charge in [0.05, 0.1) is 13.7 Å². The molecule has 2 bridgehead atoms. The molecule has 0 aliphatic heterocycles. The molecule has 1 N–H and O–H groups in total. The van der Waals surface area contributed by atoms with Crippen molar-refractivity contribution >= 4 is 5.91 Å². The van der Waals surface area contributed by atoms with Crippen LogP contribution in [0.15, 0.2) is 18.2 Å². The van der Waals surface area contributed by atoms with E-state index in [0.717, 1.165) is 17.4 Å². The third-order valence-electron chi connectivity index (χ3n) is 5.91. The average Bonchev–Trinajstić information content (AvgIpc) is 3.17. The number of halogens is 1. The molecule has 2 aliphatic carbocycles. The summed E-state index contributed by atoms with van der Waals surface area (Å²) in [6, 6.07) is 5.16. The number of benzene rings is 1. The minimum Gasteiger partial charge on any atom is -0.494 e. The highest BCUT2D eigenvalue weighted by Crippen LogP contribution is 2.49. The van der Waals surface area contributed by atoms with Gasteiger partial charge in [-0.05, 0) is 68.7 Å². The van der Waals surface area contributed by atoms with E-state index in [-0.39, 0.29) is 23.5 Å². The molecule has 2 fully saturated rings. The number of ether oxygens (including phenoxy) is 1. The number of amides is 1. The molecule has 0 saturated heterocycles. The predicted molar refractivity (Wildman–Crippen MR) is 95.8 cm³/mol. The number of nitrogens with zero attached hydrogens (tertiary/aromatic N) is 1. The predicted octanol–water partition coefficient (Wildman–Crippen LogP) is 3.21. The number of likely N-dealkylation sites (N-methyl/N-ethyl adjacent to an activating group) is 1. The van der Waals surface area contributed by atoms with Crippen molar-refractivity contribution in [1.82, 2.24) is 10.2 Å². The van der Waals surface area contributed by atoms with E-state index < -0.39 is 0 Å². The Morgan fingerprint density at radius 1 is 1.40 bits per heavy atom. The molecule has 0 spiro atoms. The summed E-state index contributed by atoms with van der Waals surface area (Å²) in [6.07, 6.45) is 5.34. The summed E-state index contributed by atoms with van der Waals surface area (Å²) in [5.41, 5.74) is 0.828. The highest BCUT2D eigenvalue weighted by molar-refractivity contribution is 5.78. The zero-order valence-corrected chi connectivity index (χ0v) is 15.4. The first-order valence-corrected chi connectivity index (χ1v) is 9.26. The van der Waals surface area contributed by atoms with Crippen molar-refractivity contribution in [2.24, 2.45) is 17.8 Å². The molecule has 4 unspecified atom stereocenters. The van der Waals surface area contributed by atoms with Crippen molar-refractivity contribution in [3.8, 4) is 5.75 Å². The zero-order valence-electron chi connectivity index (χ0n) is 15.4. The van der Waals surface area contributed by atoms with Crippen LogP contribution in [0.5, 0.6) is 5.75 Å². The van der Waals surface area contributed by atoms with Crippen LogP contribution in [-0.4, -0.2) is 37.6 Å². The third-order valence-corrected chi connectivity index (χ3v) is 5.91. The number of hydrogen-bond acceptors (Lipinski definition) is 3. The number of carbonyl (C=O) groups excluding carboxylic acids is 1. The maximum absolute atomic E-state index is 13.8. The van der Waals surface area contributed by atoms with Crippen molar-refractivity contribution in [3.63, 3.8) is 0 Å². The quantitative estimate of drug-likeness (QED) is 0.823. The topological polar surface area (TPSA) is 41.6 Å². The van der Waals surface area contributed by atoms with Gasteiger partial charge in [-0.15, -0.1) is 0 Å².